The Morgan fingerprint density at radius 3 is 1.58 bits per heavy atom. The normalized spacial score (nSPS) is 12.2. The smallest absolute Gasteiger partial charge is 0.0598 e. The van der Waals surface area contributed by atoms with E-state index in [0.29, 0.717) is 10.0 Å². The monoisotopic (exact) mass is 376 g/mol. The predicted molar refractivity (Wildman–Crippen MR) is 115 cm³/mol. The van der Waals surface area contributed by atoms with Gasteiger partial charge in [-0.3, -0.25) is 0 Å². The van der Waals surface area contributed by atoms with Gasteiger partial charge in [0.05, 0.1) is 10.0 Å². The zero-order valence-corrected chi connectivity index (χ0v) is 16.3. The van der Waals surface area contributed by atoms with Gasteiger partial charge in [0.15, 0.2) is 0 Å². The van der Waals surface area contributed by atoms with Crippen molar-refractivity contribution in [3.05, 3.63) is 69.7 Å². The quantitative estimate of drug-likeness (QED) is 0.292. The third kappa shape index (κ3) is 1.98. The fourth-order valence-corrected chi connectivity index (χ4v) is 5.03. The Hall–Kier alpha value is -2.02. The van der Waals surface area contributed by atoms with Gasteiger partial charge in [0.1, 0.15) is 0 Å². The van der Waals surface area contributed by atoms with Gasteiger partial charge in [0.25, 0.3) is 0 Å². The Morgan fingerprint density at radius 2 is 1.15 bits per heavy atom. The van der Waals surface area contributed by atoms with Gasteiger partial charge in [-0.15, -0.1) is 0 Å². The summed E-state index contributed by atoms with van der Waals surface area (Å²) >= 11 is 12.8. The first-order chi connectivity index (χ1) is 12.7. The second-order valence-corrected chi connectivity index (χ2v) is 7.75. The predicted octanol–water partition coefficient (Wildman–Crippen LogP) is 8.07. The Bertz CT molecular complexity index is 1130. The fraction of sp³-hybridized carbons (Fsp3) is 0.167. The molecule has 1 aliphatic rings. The van der Waals surface area contributed by atoms with Crippen LogP contribution < -0.4 is 0 Å². The molecule has 0 spiro atoms. The van der Waals surface area contributed by atoms with E-state index in [4.69, 9.17) is 23.2 Å². The van der Waals surface area contributed by atoms with Gasteiger partial charge < -0.3 is 0 Å². The second kappa shape index (κ2) is 5.74. The van der Waals surface area contributed by atoms with E-state index in [1.807, 2.05) is 0 Å². The van der Waals surface area contributed by atoms with Crippen LogP contribution in [-0.4, -0.2) is 0 Å². The highest BCUT2D eigenvalue weighted by atomic mass is 35.5. The van der Waals surface area contributed by atoms with E-state index in [9.17, 15) is 0 Å². The first kappa shape index (κ1) is 16.2. The van der Waals surface area contributed by atoms with E-state index in [2.05, 4.69) is 62.4 Å². The van der Waals surface area contributed by atoms with Crippen molar-refractivity contribution in [2.24, 2.45) is 0 Å². The summed E-state index contributed by atoms with van der Waals surface area (Å²) in [6, 6.07) is 17.4. The maximum absolute atomic E-state index is 6.40. The van der Waals surface area contributed by atoms with Crippen molar-refractivity contribution in [3.8, 4) is 22.3 Å². The molecule has 0 radical (unpaired) electrons. The molecule has 5 rings (SSSR count). The molecule has 0 unspecified atom stereocenters. The lowest BCUT2D eigenvalue weighted by atomic mass is 9.86. The number of hydrogen-bond donors (Lipinski definition) is 0. The highest BCUT2D eigenvalue weighted by molar-refractivity contribution is 6.43. The Kier molecular flexibility index (Phi) is 3.57. The minimum Gasteiger partial charge on any atom is -0.0827 e. The lowest BCUT2D eigenvalue weighted by molar-refractivity contribution is 1.14. The molecular weight excluding hydrogens is 359 g/mol. The van der Waals surface area contributed by atoms with Crippen molar-refractivity contribution in [2.45, 2.75) is 26.7 Å². The SMILES string of the molecule is CCc1c2c(c(CC)c3cc(Cl)c(Cl)cc13)-c1cccc3cccc-2c13. The molecule has 0 amide bonds. The minimum absolute atomic E-state index is 0.629. The van der Waals surface area contributed by atoms with Crippen LogP contribution in [0.4, 0.5) is 0 Å². The van der Waals surface area contributed by atoms with E-state index < -0.39 is 0 Å². The highest BCUT2D eigenvalue weighted by Gasteiger charge is 2.28. The zero-order valence-electron chi connectivity index (χ0n) is 14.8. The average molecular weight is 377 g/mol. The molecule has 4 aromatic carbocycles. The van der Waals surface area contributed by atoms with Gasteiger partial charge in [-0.25, -0.2) is 0 Å². The number of rotatable bonds is 2. The van der Waals surface area contributed by atoms with Crippen LogP contribution in [-0.2, 0) is 12.8 Å². The number of halogens is 2. The van der Waals surface area contributed by atoms with Gasteiger partial charge in [-0.2, -0.15) is 0 Å². The molecule has 1 aliphatic carbocycles. The van der Waals surface area contributed by atoms with Crippen LogP contribution in [0.15, 0.2) is 48.5 Å². The first-order valence-electron chi connectivity index (χ1n) is 9.14. The first-order valence-corrected chi connectivity index (χ1v) is 9.90. The van der Waals surface area contributed by atoms with Crippen molar-refractivity contribution in [1.82, 2.24) is 0 Å². The largest absolute Gasteiger partial charge is 0.0827 e. The van der Waals surface area contributed by atoms with E-state index in [1.54, 1.807) is 0 Å². The van der Waals surface area contributed by atoms with Crippen LogP contribution in [0, 0.1) is 0 Å². The van der Waals surface area contributed by atoms with Crippen LogP contribution in [0.5, 0.6) is 0 Å². The summed E-state index contributed by atoms with van der Waals surface area (Å²) in [6.45, 7) is 4.46. The molecule has 4 aromatic rings. The molecule has 0 N–H and O–H groups in total. The standard InChI is InChI=1S/C24H18Cl2/c1-3-14-18-11-20(25)21(26)12-19(18)15(4-2)24-17-10-6-8-13-7-5-9-16(22(13)17)23(14)24/h5-12H,3-4H2,1-2H3. The molecular formula is C24H18Cl2. The molecule has 0 aliphatic heterocycles. The maximum atomic E-state index is 6.40. The number of hydrogen-bond acceptors (Lipinski definition) is 0. The molecule has 0 fully saturated rings. The second-order valence-electron chi connectivity index (χ2n) is 6.94. The molecule has 2 heteroatoms. The maximum Gasteiger partial charge on any atom is 0.0598 e. The highest BCUT2D eigenvalue weighted by Crippen LogP contribution is 2.53. The molecule has 0 heterocycles. The lowest BCUT2D eigenvalue weighted by Crippen LogP contribution is -1.97. The number of benzene rings is 4. The minimum atomic E-state index is 0.629. The van der Waals surface area contributed by atoms with Gasteiger partial charge in [-0.1, -0.05) is 73.4 Å². The van der Waals surface area contributed by atoms with E-state index >= 15 is 0 Å². The van der Waals surface area contributed by atoms with Crippen LogP contribution in [0.2, 0.25) is 10.0 Å². The topological polar surface area (TPSA) is 0 Å². The third-order valence-corrected chi connectivity index (χ3v) is 6.44. The summed E-state index contributed by atoms with van der Waals surface area (Å²) in [5, 5.41) is 6.42. The van der Waals surface area contributed by atoms with Gasteiger partial charge in [0, 0.05) is 0 Å². The summed E-state index contributed by atoms with van der Waals surface area (Å²) in [4.78, 5) is 0. The summed E-state index contributed by atoms with van der Waals surface area (Å²) in [5.41, 5.74) is 8.23. The lowest BCUT2D eigenvalue weighted by Gasteiger charge is -2.19. The van der Waals surface area contributed by atoms with Crippen LogP contribution in [0.25, 0.3) is 43.8 Å². The van der Waals surface area contributed by atoms with Crippen LogP contribution in [0.1, 0.15) is 25.0 Å². The molecule has 0 atom stereocenters. The summed E-state index contributed by atoms with van der Waals surface area (Å²) in [6.07, 6.45) is 1.93. The van der Waals surface area contributed by atoms with Crippen molar-refractivity contribution >= 4 is 44.7 Å². The Morgan fingerprint density at radius 1 is 0.692 bits per heavy atom. The van der Waals surface area contributed by atoms with Crippen LogP contribution >= 0.6 is 23.2 Å². The van der Waals surface area contributed by atoms with Gasteiger partial charge >= 0.3 is 0 Å². The average Bonchev–Trinajstić information content (AvgIpc) is 2.98. The van der Waals surface area contributed by atoms with Gasteiger partial charge in [0.2, 0.25) is 0 Å². The van der Waals surface area contributed by atoms with E-state index in [-0.39, 0.29) is 0 Å². The number of aryl methyl sites for hydroxylation is 2. The van der Waals surface area contributed by atoms with Crippen molar-refractivity contribution in [2.75, 3.05) is 0 Å². The van der Waals surface area contributed by atoms with Crippen molar-refractivity contribution in [3.63, 3.8) is 0 Å². The molecule has 26 heavy (non-hydrogen) atoms. The van der Waals surface area contributed by atoms with Crippen molar-refractivity contribution in [1.29, 1.82) is 0 Å². The van der Waals surface area contributed by atoms with E-state index in [0.717, 1.165) is 12.8 Å². The van der Waals surface area contributed by atoms with Crippen LogP contribution in [0.3, 0.4) is 0 Å². The van der Waals surface area contributed by atoms with Crippen molar-refractivity contribution < 1.29 is 0 Å². The molecule has 0 saturated carbocycles. The molecule has 0 bridgehead atoms. The molecule has 128 valence electrons. The number of fused-ring (bicyclic) bond motifs is 4. The Balaban J connectivity index is 2.08. The third-order valence-electron chi connectivity index (χ3n) is 5.71. The molecule has 0 nitrogen and oxygen atoms in total. The fourth-order valence-electron chi connectivity index (χ4n) is 4.70. The molecule has 0 aromatic heterocycles. The summed E-state index contributed by atoms with van der Waals surface area (Å²) in [7, 11) is 0. The van der Waals surface area contributed by atoms with E-state index in [1.165, 1.54) is 54.9 Å². The summed E-state index contributed by atoms with van der Waals surface area (Å²) < 4.78 is 0. The summed E-state index contributed by atoms with van der Waals surface area (Å²) in [5.74, 6) is 0. The Labute approximate surface area is 163 Å². The molecule has 0 saturated heterocycles. The zero-order chi connectivity index (χ0) is 18.0. The van der Waals surface area contributed by atoms with Gasteiger partial charge in [-0.05, 0) is 79.9 Å².